The third-order valence-corrected chi connectivity index (χ3v) is 6.30. The average Bonchev–Trinajstić information content (AvgIpc) is 2.92. The first-order chi connectivity index (χ1) is 17.6. The topological polar surface area (TPSA) is 51.7 Å². The maximum absolute atomic E-state index is 13.5. The van der Waals surface area contributed by atoms with E-state index < -0.39 is 6.10 Å². The number of pyridine rings is 1. The number of rotatable bonds is 9. The SMILES string of the molecule is CCc1ccc(CCOc2ccc(C3C(Oc4ccccc4)C(=O)N3c3ccc(F)cc3)cc2)nc1. The Morgan fingerprint density at radius 3 is 2.31 bits per heavy atom. The predicted octanol–water partition coefficient (Wildman–Crippen LogP) is 5.94. The highest BCUT2D eigenvalue weighted by Gasteiger charge is 2.51. The van der Waals surface area contributed by atoms with Crippen LogP contribution in [0.25, 0.3) is 0 Å². The van der Waals surface area contributed by atoms with E-state index in [0.717, 1.165) is 23.4 Å². The van der Waals surface area contributed by atoms with Gasteiger partial charge in [-0.1, -0.05) is 43.3 Å². The summed E-state index contributed by atoms with van der Waals surface area (Å²) < 4.78 is 25.5. The summed E-state index contributed by atoms with van der Waals surface area (Å²) in [4.78, 5) is 19.2. The van der Waals surface area contributed by atoms with Gasteiger partial charge in [-0.05, 0) is 72.1 Å². The minimum Gasteiger partial charge on any atom is -0.493 e. The zero-order valence-electron chi connectivity index (χ0n) is 20.0. The molecule has 1 fully saturated rings. The van der Waals surface area contributed by atoms with E-state index in [9.17, 15) is 9.18 Å². The monoisotopic (exact) mass is 482 g/mol. The lowest BCUT2D eigenvalue weighted by atomic mass is 9.89. The Kier molecular flexibility index (Phi) is 6.94. The number of hydrogen-bond acceptors (Lipinski definition) is 4. The molecular weight excluding hydrogens is 455 g/mol. The highest BCUT2D eigenvalue weighted by Crippen LogP contribution is 2.41. The molecule has 2 atom stereocenters. The first-order valence-electron chi connectivity index (χ1n) is 12.1. The Bertz CT molecular complexity index is 1290. The Morgan fingerprint density at radius 2 is 1.64 bits per heavy atom. The minimum absolute atomic E-state index is 0.169. The van der Waals surface area contributed by atoms with Crippen LogP contribution in [0.15, 0.2) is 97.2 Å². The number of β-lactam (4-membered cyclic amide) rings is 1. The van der Waals surface area contributed by atoms with E-state index in [2.05, 4.69) is 18.0 Å². The number of ether oxygens (including phenoxy) is 2. The number of aromatic nitrogens is 1. The van der Waals surface area contributed by atoms with E-state index in [1.54, 1.807) is 17.0 Å². The number of aryl methyl sites for hydroxylation is 1. The molecule has 0 bridgehead atoms. The van der Waals surface area contributed by atoms with Crippen molar-refractivity contribution in [2.24, 2.45) is 0 Å². The van der Waals surface area contributed by atoms with E-state index in [1.807, 2.05) is 66.9 Å². The van der Waals surface area contributed by atoms with Crippen LogP contribution in [-0.2, 0) is 17.6 Å². The number of amides is 1. The Hall–Kier alpha value is -4.19. The molecule has 0 N–H and O–H groups in total. The molecule has 0 radical (unpaired) electrons. The summed E-state index contributed by atoms with van der Waals surface area (Å²) in [7, 11) is 0. The second-order valence-corrected chi connectivity index (χ2v) is 8.66. The fourth-order valence-corrected chi connectivity index (χ4v) is 4.28. The molecule has 0 spiro atoms. The van der Waals surface area contributed by atoms with Gasteiger partial charge in [-0.25, -0.2) is 4.39 Å². The van der Waals surface area contributed by atoms with Crippen LogP contribution in [0.5, 0.6) is 11.5 Å². The van der Waals surface area contributed by atoms with Gasteiger partial charge in [0.2, 0.25) is 6.10 Å². The van der Waals surface area contributed by atoms with Crippen molar-refractivity contribution in [2.45, 2.75) is 31.9 Å². The Balaban J connectivity index is 1.30. The molecule has 0 aliphatic carbocycles. The van der Waals surface area contributed by atoms with Crippen LogP contribution in [0, 0.1) is 5.82 Å². The lowest BCUT2D eigenvalue weighted by molar-refractivity contribution is -0.135. The van der Waals surface area contributed by atoms with Crippen LogP contribution in [0.3, 0.4) is 0 Å². The molecule has 1 saturated heterocycles. The van der Waals surface area contributed by atoms with Crippen molar-refractivity contribution in [3.8, 4) is 11.5 Å². The highest BCUT2D eigenvalue weighted by atomic mass is 19.1. The normalized spacial score (nSPS) is 16.9. The molecule has 1 amide bonds. The summed E-state index contributed by atoms with van der Waals surface area (Å²) in [6.07, 6.45) is 2.92. The second-order valence-electron chi connectivity index (χ2n) is 8.66. The molecule has 182 valence electrons. The summed E-state index contributed by atoms with van der Waals surface area (Å²) in [6.45, 7) is 2.62. The molecule has 5 rings (SSSR count). The Labute approximate surface area is 210 Å². The molecule has 5 nitrogen and oxygen atoms in total. The van der Waals surface area contributed by atoms with Crippen LogP contribution in [0.4, 0.5) is 10.1 Å². The number of para-hydroxylation sites is 1. The first kappa shape index (κ1) is 23.5. The molecule has 6 heteroatoms. The minimum atomic E-state index is -0.679. The van der Waals surface area contributed by atoms with Crippen LogP contribution in [0.1, 0.15) is 29.8 Å². The highest BCUT2D eigenvalue weighted by molar-refractivity contribution is 6.05. The van der Waals surface area contributed by atoms with E-state index in [-0.39, 0.29) is 17.8 Å². The van der Waals surface area contributed by atoms with Crippen LogP contribution in [-0.4, -0.2) is 23.6 Å². The molecule has 4 aromatic rings. The quantitative estimate of drug-likeness (QED) is 0.277. The van der Waals surface area contributed by atoms with E-state index in [0.29, 0.717) is 24.5 Å². The number of halogens is 1. The van der Waals surface area contributed by atoms with Gasteiger partial charge in [-0.3, -0.25) is 14.7 Å². The molecule has 2 heterocycles. The zero-order chi connectivity index (χ0) is 24.9. The standard InChI is InChI=1S/C30H27FN2O3/c1-2-21-8-13-24(32-20-21)18-19-35-26-16-9-22(10-17-26)28-29(36-27-6-4-3-5-7-27)30(34)33(28)25-14-11-23(31)12-15-25/h3-17,20,28-29H,2,18-19H2,1H3. The third kappa shape index (κ3) is 5.08. The van der Waals surface area contributed by atoms with Crippen molar-refractivity contribution < 1.29 is 18.7 Å². The van der Waals surface area contributed by atoms with Gasteiger partial charge in [-0.2, -0.15) is 0 Å². The molecule has 1 aliphatic heterocycles. The molecule has 36 heavy (non-hydrogen) atoms. The van der Waals surface area contributed by atoms with Crippen LogP contribution in [0.2, 0.25) is 0 Å². The number of hydrogen-bond donors (Lipinski definition) is 0. The smallest absolute Gasteiger partial charge is 0.271 e. The molecule has 1 aliphatic rings. The van der Waals surface area contributed by atoms with Crippen molar-refractivity contribution >= 4 is 11.6 Å². The van der Waals surface area contributed by atoms with Crippen molar-refractivity contribution in [3.63, 3.8) is 0 Å². The van der Waals surface area contributed by atoms with Crippen molar-refractivity contribution in [3.05, 3.63) is 120 Å². The summed E-state index contributed by atoms with van der Waals surface area (Å²) in [5.74, 6) is 0.847. The fourth-order valence-electron chi connectivity index (χ4n) is 4.28. The molecule has 2 unspecified atom stereocenters. The predicted molar refractivity (Wildman–Crippen MR) is 137 cm³/mol. The summed E-state index contributed by atoms with van der Waals surface area (Å²) >= 11 is 0. The van der Waals surface area contributed by atoms with Crippen molar-refractivity contribution in [2.75, 3.05) is 11.5 Å². The van der Waals surface area contributed by atoms with Gasteiger partial charge in [-0.15, -0.1) is 0 Å². The first-order valence-corrected chi connectivity index (χ1v) is 12.1. The third-order valence-electron chi connectivity index (χ3n) is 6.30. The number of carbonyl (C=O) groups excluding carboxylic acids is 1. The van der Waals surface area contributed by atoms with E-state index in [1.165, 1.54) is 17.7 Å². The summed E-state index contributed by atoms with van der Waals surface area (Å²) in [5.41, 5.74) is 3.74. The maximum atomic E-state index is 13.5. The number of carbonyl (C=O) groups is 1. The lowest BCUT2D eigenvalue weighted by Crippen LogP contribution is -2.61. The van der Waals surface area contributed by atoms with Crippen molar-refractivity contribution in [1.29, 1.82) is 0 Å². The fraction of sp³-hybridized carbons (Fsp3) is 0.200. The van der Waals surface area contributed by atoms with Crippen molar-refractivity contribution in [1.82, 2.24) is 4.98 Å². The van der Waals surface area contributed by atoms with Gasteiger partial charge >= 0.3 is 0 Å². The largest absolute Gasteiger partial charge is 0.493 e. The van der Waals surface area contributed by atoms with Gasteiger partial charge < -0.3 is 9.47 Å². The van der Waals surface area contributed by atoms with Crippen LogP contribution >= 0.6 is 0 Å². The number of nitrogens with zero attached hydrogens (tertiary/aromatic N) is 2. The van der Waals surface area contributed by atoms with Gasteiger partial charge in [0.15, 0.2) is 0 Å². The molecule has 3 aromatic carbocycles. The van der Waals surface area contributed by atoms with Gasteiger partial charge in [0.1, 0.15) is 23.4 Å². The van der Waals surface area contributed by atoms with Gasteiger partial charge in [0.05, 0.1) is 6.61 Å². The number of anilines is 1. The lowest BCUT2D eigenvalue weighted by Gasteiger charge is -2.46. The van der Waals surface area contributed by atoms with E-state index in [4.69, 9.17) is 9.47 Å². The van der Waals surface area contributed by atoms with E-state index >= 15 is 0 Å². The molecule has 0 saturated carbocycles. The summed E-state index contributed by atoms with van der Waals surface area (Å²) in [5, 5.41) is 0. The zero-order valence-corrected chi connectivity index (χ0v) is 20.0. The maximum Gasteiger partial charge on any atom is 0.271 e. The Morgan fingerprint density at radius 1 is 0.889 bits per heavy atom. The summed E-state index contributed by atoms with van der Waals surface area (Å²) in [6, 6.07) is 26.7. The second kappa shape index (κ2) is 10.6. The average molecular weight is 483 g/mol. The molecule has 1 aromatic heterocycles. The van der Waals surface area contributed by atoms with Gasteiger partial charge in [0, 0.05) is 24.0 Å². The van der Waals surface area contributed by atoms with Crippen LogP contribution < -0.4 is 14.4 Å². The molecular formula is C30H27FN2O3. The number of benzene rings is 3. The van der Waals surface area contributed by atoms with Gasteiger partial charge in [0.25, 0.3) is 5.91 Å².